The van der Waals surface area contributed by atoms with E-state index in [1.54, 1.807) is 13.0 Å². The molecule has 0 spiro atoms. The van der Waals surface area contributed by atoms with Crippen molar-refractivity contribution in [2.45, 2.75) is 25.9 Å². The Morgan fingerprint density at radius 1 is 1.48 bits per heavy atom. The molecule has 2 rings (SSSR count). The molecule has 1 aromatic carbocycles. The maximum atomic E-state index is 12.2. The Kier molecular flexibility index (Phi) is 6.53. The number of hydrogen-bond donors (Lipinski definition) is 1. The largest absolute Gasteiger partial charge is 0.494 e. The van der Waals surface area contributed by atoms with Crippen LogP contribution in [0.2, 0.25) is 5.02 Å². The lowest BCUT2D eigenvalue weighted by molar-refractivity contribution is -0.120. The fraction of sp³-hybridized carbons (Fsp3) is 0.562. The quantitative estimate of drug-likeness (QED) is 0.766. The monoisotopic (exact) mass is 390 g/mol. The third kappa shape index (κ3) is 5.23. The molecular weight excluding hydrogens is 368 g/mol. The Morgan fingerprint density at radius 2 is 2.20 bits per heavy atom. The molecule has 0 bridgehead atoms. The van der Waals surface area contributed by atoms with Gasteiger partial charge in [0, 0.05) is 24.2 Å². The highest BCUT2D eigenvalue weighted by atomic mass is 35.5. The number of hydrogen-bond acceptors (Lipinski definition) is 5. The minimum Gasteiger partial charge on any atom is -0.494 e. The molecule has 1 unspecified atom stereocenters. The highest BCUT2D eigenvalue weighted by Crippen LogP contribution is 2.34. The lowest BCUT2D eigenvalue weighted by atomic mass is 10.2. The minimum atomic E-state index is -3.69. The van der Waals surface area contributed by atoms with Gasteiger partial charge in [-0.3, -0.25) is 9.10 Å². The maximum absolute atomic E-state index is 12.2. The molecule has 1 saturated heterocycles. The van der Waals surface area contributed by atoms with Gasteiger partial charge in [0.2, 0.25) is 15.9 Å². The Balaban J connectivity index is 2.19. The van der Waals surface area contributed by atoms with Crippen molar-refractivity contribution in [1.82, 2.24) is 5.32 Å². The topological polar surface area (TPSA) is 84.9 Å². The second kappa shape index (κ2) is 8.25. The molecule has 0 radical (unpaired) electrons. The van der Waals surface area contributed by atoms with E-state index in [0.717, 1.165) is 23.4 Å². The van der Waals surface area contributed by atoms with Gasteiger partial charge >= 0.3 is 0 Å². The first-order valence-electron chi connectivity index (χ1n) is 7.92. The van der Waals surface area contributed by atoms with Crippen LogP contribution in [0.1, 0.15) is 18.4 Å². The van der Waals surface area contributed by atoms with Crippen LogP contribution in [-0.2, 0) is 19.6 Å². The number of methoxy groups -OCH3 is 1. The van der Waals surface area contributed by atoms with Gasteiger partial charge in [-0.05, 0) is 31.4 Å². The molecule has 0 saturated carbocycles. The SMILES string of the molecule is COc1cc(Cl)c(C)cc1N(CC(=O)NCC1CCCO1)S(C)(=O)=O. The van der Waals surface area contributed by atoms with Gasteiger partial charge in [0.05, 0.1) is 25.2 Å². The average Bonchev–Trinajstić information content (AvgIpc) is 3.05. The van der Waals surface area contributed by atoms with Gasteiger partial charge in [0.1, 0.15) is 12.3 Å². The van der Waals surface area contributed by atoms with Gasteiger partial charge < -0.3 is 14.8 Å². The molecule has 0 aromatic heterocycles. The molecule has 1 fully saturated rings. The summed E-state index contributed by atoms with van der Waals surface area (Å²) in [6.45, 7) is 2.47. The Hall–Kier alpha value is -1.51. The summed E-state index contributed by atoms with van der Waals surface area (Å²) in [4.78, 5) is 12.2. The molecule has 1 aliphatic rings. The smallest absolute Gasteiger partial charge is 0.240 e. The van der Waals surface area contributed by atoms with E-state index in [1.165, 1.54) is 13.2 Å². The molecule has 1 aromatic rings. The van der Waals surface area contributed by atoms with Crippen molar-refractivity contribution in [3.63, 3.8) is 0 Å². The molecule has 1 N–H and O–H groups in total. The molecule has 7 nitrogen and oxygen atoms in total. The molecule has 25 heavy (non-hydrogen) atoms. The zero-order valence-electron chi connectivity index (χ0n) is 14.5. The second-order valence-electron chi connectivity index (χ2n) is 5.98. The molecule has 1 amide bonds. The van der Waals surface area contributed by atoms with Gasteiger partial charge in [0.15, 0.2) is 0 Å². The number of halogens is 1. The average molecular weight is 391 g/mol. The first-order chi connectivity index (χ1) is 11.7. The number of sulfonamides is 1. The van der Waals surface area contributed by atoms with E-state index in [2.05, 4.69) is 5.32 Å². The number of anilines is 1. The van der Waals surface area contributed by atoms with Crippen molar-refractivity contribution in [3.05, 3.63) is 22.7 Å². The van der Waals surface area contributed by atoms with Crippen LogP contribution < -0.4 is 14.4 Å². The number of benzene rings is 1. The van der Waals surface area contributed by atoms with Gasteiger partial charge in [-0.1, -0.05) is 11.6 Å². The van der Waals surface area contributed by atoms with Crippen molar-refractivity contribution >= 4 is 33.2 Å². The van der Waals surface area contributed by atoms with Crippen molar-refractivity contribution in [3.8, 4) is 5.75 Å². The van der Waals surface area contributed by atoms with Crippen LogP contribution in [0.5, 0.6) is 5.75 Å². The number of nitrogens with zero attached hydrogens (tertiary/aromatic N) is 1. The van der Waals surface area contributed by atoms with Gasteiger partial charge in [-0.25, -0.2) is 8.42 Å². The van der Waals surface area contributed by atoms with Crippen molar-refractivity contribution in [1.29, 1.82) is 0 Å². The molecule has 1 atom stereocenters. The summed E-state index contributed by atoms with van der Waals surface area (Å²) in [5.41, 5.74) is 0.963. The van der Waals surface area contributed by atoms with Gasteiger partial charge in [-0.2, -0.15) is 0 Å². The minimum absolute atomic E-state index is 0.0112. The lowest BCUT2D eigenvalue weighted by Crippen LogP contribution is -2.42. The predicted molar refractivity (Wildman–Crippen MR) is 96.9 cm³/mol. The highest BCUT2D eigenvalue weighted by molar-refractivity contribution is 7.92. The van der Waals surface area contributed by atoms with Crippen LogP contribution in [0.15, 0.2) is 12.1 Å². The molecular formula is C16H23ClN2O5S. The summed E-state index contributed by atoms with van der Waals surface area (Å²) >= 11 is 6.07. The molecule has 1 aliphatic heterocycles. The maximum Gasteiger partial charge on any atom is 0.240 e. The number of rotatable bonds is 7. The van der Waals surface area contributed by atoms with E-state index >= 15 is 0 Å². The summed E-state index contributed by atoms with van der Waals surface area (Å²) in [6.07, 6.45) is 2.89. The van der Waals surface area contributed by atoms with E-state index in [4.69, 9.17) is 21.1 Å². The zero-order valence-corrected chi connectivity index (χ0v) is 16.1. The van der Waals surface area contributed by atoms with Crippen molar-refractivity contribution in [2.24, 2.45) is 0 Å². The number of aryl methyl sites for hydroxylation is 1. The van der Waals surface area contributed by atoms with Crippen LogP contribution in [0.3, 0.4) is 0 Å². The van der Waals surface area contributed by atoms with Crippen LogP contribution in [0, 0.1) is 6.92 Å². The third-order valence-corrected chi connectivity index (χ3v) is 5.50. The van der Waals surface area contributed by atoms with E-state index in [-0.39, 0.29) is 24.1 Å². The van der Waals surface area contributed by atoms with Crippen LogP contribution >= 0.6 is 11.6 Å². The summed E-state index contributed by atoms with van der Waals surface area (Å²) < 4.78 is 36.1. The standard InChI is InChI=1S/C16H23ClN2O5S/c1-11-7-14(15(23-2)8-13(11)17)19(25(3,21)22)10-16(20)18-9-12-5-4-6-24-12/h7-8,12H,4-6,9-10H2,1-3H3,(H,18,20). The third-order valence-electron chi connectivity index (χ3n) is 3.97. The number of nitrogens with one attached hydrogen (secondary N) is 1. The van der Waals surface area contributed by atoms with Gasteiger partial charge in [-0.15, -0.1) is 0 Å². The van der Waals surface area contributed by atoms with E-state index in [1.807, 2.05) is 0 Å². The van der Waals surface area contributed by atoms with Crippen LogP contribution in [-0.4, -0.2) is 53.5 Å². The number of amides is 1. The van der Waals surface area contributed by atoms with E-state index in [0.29, 0.717) is 23.7 Å². The Morgan fingerprint density at radius 3 is 2.76 bits per heavy atom. The Bertz CT molecular complexity index is 732. The van der Waals surface area contributed by atoms with Crippen molar-refractivity contribution in [2.75, 3.05) is 37.4 Å². The fourth-order valence-corrected chi connectivity index (χ4v) is 3.61. The lowest BCUT2D eigenvalue weighted by Gasteiger charge is -2.24. The zero-order chi connectivity index (χ0) is 18.6. The first-order valence-corrected chi connectivity index (χ1v) is 10.1. The first kappa shape index (κ1) is 19.8. The Labute approximate surface area is 153 Å². The summed E-state index contributed by atoms with van der Waals surface area (Å²) in [5, 5.41) is 3.18. The molecule has 9 heteroatoms. The highest BCUT2D eigenvalue weighted by Gasteiger charge is 2.25. The summed E-state index contributed by atoms with van der Waals surface area (Å²) in [5.74, 6) is -0.122. The molecule has 140 valence electrons. The fourth-order valence-electron chi connectivity index (χ4n) is 2.61. The van der Waals surface area contributed by atoms with Gasteiger partial charge in [0.25, 0.3) is 0 Å². The summed E-state index contributed by atoms with van der Waals surface area (Å²) in [7, 11) is -2.28. The predicted octanol–water partition coefficient (Wildman–Crippen LogP) is 1.72. The van der Waals surface area contributed by atoms with Crippen LogP contribution in [0.25, 0.3) is 0 Å². The van der Waals surface area contributed by atoms with E-state index < -0.39 is 15.9 Å². The normalized spacial score (nSPS) is 17.4. The number of carbonyl (C=O) groups is 1. The van der Waals surface area contributed by atoms with Crippen LogP contribution in [0.4, 0.5) is 5.69 Å². The number of carbonyl (C=O) groups excluding carboxylic acids is 1. The molecule has 0 aliphatic carbocycles. The number of ether oxygens (including phenoxy) is 2. The van der Waals surface area contributed by atoms with E-state index in [9.17, 15) is 13.2 Å². The summed E-state index contributed by atoms with van der Waals surface area (Å²) in [6, 6.07) is 3.13. The molecule has 1 heterocycles. The van der Waals surface area contributed by atoms with Crippen molar-refractivity contribution < 1.29 is 22.7 Å². The second-order valence-corrected chi connectivity index (χ2v) is 8.30.